The Morgan fingerprint density at radius 3 is 2.06 bits per heavy atom. The SMILES string of the molecule is O=C(O)C(C(=O)O)c1cc(F)c([N+](=O)[O-])cc1F. The summed E-state index contributed by atoms with van der Waals surface area (Å²) in [5.74, 6) is -9.13. The molecule has 0 bridgehead atoms. The molecule has 0 heterocycles. The quantitative estimate of drug-likeness (QED) is 0.476. The fraction of sp³-hybridized carbons (Fsp3) is 0.111. The highest BCUT2D eigenvalue weighted by Gasteiger charge is 2.33. The predicted octanol–water partition coefficient (Wildman–Crippen LogP) is 1.13. The van der Waals surface area contributed by atoms with E-state index in [1.165, 1.54) is 0 Å². The van der Waals surface area contributed by atoms with Gasteiger partial charge >= 0.3 is 17.6 Å². The molecular formula is C9H5F2NO6. The molecule has 0 atom stereocenters. The van der Waals surface area contributed by atoms with E-state index >= 15 is 0 Å². The first kappa shape index (κ1) is 13.5. The van der Waals surface area contributed by atoms with E-state index in [0.29, 0.717) is 0 Å². The number of nitro benzene ring substituents is 1. The largest absolute Gasteiger partial charge is 0.480 e. The summed E-state index contributed by atoms with van der Waals surface area (Å²) in [5.41, 5.74) is -2.19. The van der Waals surface area contributed by atoms with Crippen LogP contribution in [-0.4, -0.2) is 27.1 Å². The molecule has 2 N–H and O–H groups in total. The summed E-state index contributed by atoms with van der Waals surface area (Å²) in [4.78, 5) is 30.3. The van der Waals surface area contributed by atoms with Crippen molar-refractivity contribution in [3.8, 4) is 0 Å². The van der Waals surface area contributed by atoms with Gasteiger partial charge in [0.1, 0.15) is 5.82 Å². The first-order valence-corrected chi connectivity index (χ1v) is 4.34. The summed E-state index contributed by atoms with van der Waals surface area (Å²) in [6.07, 6.45) is 0. The molecule has 0 unspecified atom stereocenters. The zero-order valence-electron chi connectivity index (χ0n) is 8.46. The van der Waals surface area contributed by atoms with Gasteiger partial charge in [-0.2, -0.15) is 4.39 Å². The molecule has 0 amide bonds. The van der Waals surface area contributed by atoms with Crippen molar-refractivity contribution in [3.05, 3.63) is 39.4 Å². The normalized spacial score (nSPS) is 10.4. The number of nitro groups is 1. The lowest BCUT2D eigenvalue weighted by molar-refractivity contribution is -0.387. The van der Waals surface area contributed by atoms with Crippen molar-refractivity contribution in [2.45, 2.75) is 5.92 Å². The highest BCUT2D eigenvalue weighted by Crippen LogP contribution is 2.27. The summed E-state index contributed by atoms with van der Waals surface area (Å²) in [6, 6.07) is 0.337. The van der Waals surface area contributed by atoms with Gasteiger partial charge in [-0.3, -0.25) is 19.7 Å². The second-order valence-corrected chi connectivity index (χ2v) is 3.19. The molecule has 9 heteroatoms. The molecule has 96 valence electrons. The predicted molar refractivity (Wildman–Crippen MR) is 51.0 cm³/mol. The van der Waals surface area contributed by atoms with Crippen LogP contribution in [0.5, 0.6) is 0 Å². The Kier molecular flexibility index (Phi) is 3.55. The van der Waals surface area contributed by atoms with Gasteiger partial charge in [0.25, 0.3) is 0 Å². The maximum Gasteiger partial charge on any atom is 0.322 e. The van der Waals surface area contributed by atoms with E-state index < -0.39 is 45.7 Å². The fourth-order valence-corrected chi connectivity index (χ4v) is 1.28. The topological polar surface area (TPSA) is 118 Å². The van der Waals surface area contributed by atoms with Gasteiger partial charge in [0, 0.05) is 5.56 Å². The summed E-state index contributed by atoms with van der Waals surface area (Å²) < 4.78 is 26.5. The van der Waals surface area contributed by atoms with Crippen molar-refractivity contribution in [1.82, 2.24) is 0 Å². The second-order valence-electron chi connectivity index (χ2n) is 3.19. The van der Waals surface area contributed by atoms with E-state index in [2.05, 4.69) is 0 Å². The number of hydrogen-bond donors (Lipinski definition) is 2. The van der Waals surface area contributed by atoms with E-state index in [9.17, 15) is 28.5 Å². The minimum atomic E-state index is -2.33. The van der Waals surface area contributed by atoms with Crippen LogP contribution in [0.3, 0.4) is 0 Å². The van der Waals surface area contributed by atoms with Crippen LogP contribution in [0.15, 0.2) is 12.1 Å². The second kappa shape index (κ2) is 4.73. The minimum Gasteiger partial charge on any atom is -0.480 e. The molecule has 7 nitrogen and oxygen atoms in total. The molecule has 1 aromatic rings. The number of rotatable bonds is 4. The molecule has 0 aliphatic carbocycles. The molecule has 18 heavy (non-hydrogen) atoms. The van der Waals surface area contributed by atoms with Gasteiger partial charge in [-0.1, -0.05) is 0 Å². The number of benzene rings is 1. The van der Waals surface area contributed by atoms with Gasteiger partial charge in [-0.15, -0.1) is 0 Å². The Balaban J connectivity index is 3.43. The average molecular weight is 261 g/mol. The monoisotopic (exact) mass is 261 g/mol. The van der Waals surface area contributed by atoms with Crippen LogP contribution in [0.2, 0.25) is 0 Å². The maximum atomic E-state index is 13.4. The van der Waals surface area contributed by atoms with E-state index in [4.69, 9.17) is 10.2 Å². The number of carboxylic acid groups (broad SMARTS) is 2. The fourth-order valence-electron chi connectivity index (χ4n) is 1.28. The van der Waals surface area contributed by atoms with Gasteiger partial charge < -0.3 is 10.2 Å². The zero-order chi connectivity index (χ0) is 14.0. The summed E-state index contributed by atoms with van der Waals surface area (Å²) in [6.45, 7) is 0. The number of aliphatic carboxylic acids is 2. The van der Waals surface area contributed by atoms with Crippen molar-refractivity contribution in [2.75, 3.05) is 0 Å². The molecule has 0 saturated heterocycles. The summed E-state index contributed by atoms with van der Waals surface area (Å²) in [7, 11) is 0. The van der Waals surface area contributed by atoms with Crippen molar-refractivity contribution >= 4 is 17.6 Å². The third-order valence-electron chi connectivity index (χ3n) is 2.07. The van der Waals surface area contributed by atoms with Crippen LogP contribution in [-0.2, 0) is 9.59 Å². The van der Waals surface area contributed by atoms with E-state index in [1.54, 1.807) is 0 Å². The highest BCUT2D eigenvalue weighted by molar-refractivity contribution is 5.99. The number of hydrogen-bond acceptors (Lipinski definition) is 4. The Bertz CT molecular complexity index is 530. The first-order valence-electron chi connectivity index (χ1n) is 4.34. The maximum absolute atomic E-state index is 13.4. The molecular weight excluding hydrogens is 256 g/mol. The Hall–Kier alpha value is -2.58. The van der Waals surface area contributed by atoms with Crippen LogP contribution < -0.4 is 0 Å². The smallest absolute Gasteiger partial charge is 0.322 e. The first-order chi connectivity index (χ1) is 8.25. The number of carboxylic acids is 2. The Labute approximate surface area is 97.4 Å². The molecule has 0 aliphatic heterocycles. The minimum absolute atomic E-state index is 0.142. The molecule has 0 aliphatic rings. The molecule has 0 spiro atoms. The summed E-state index contributed by atoms with van der Waals surface area (Å²) >= 11 is 0. The number of nitrogens with zero attached hydrogens (tertiary/aromatic N) is 1. The van der Waals surface area contributed by atoms with Crippen molar-refractivity contribution in [3.63, 3.8) is 0 Å². The standard InChI is InChI=1S/C9H5F2NO6/c10-4-2-6(12(17)18)5(11)1-3(4)7(8(13)14)9(15)16/h1-2,7H,(H,13,14)(H,15,16). The third kappa shape index (κ3) is 2.39. The van der Waals surface area contributed by atoms with Gasteiger partial charge in [0.2, 0.25) is 5.82 Å². The molecule has 0 fully saturated rings. The van der Waals surface area contributed by atoms with E-state index in [0.717, 1.165) is 0 Å². The molecule has 1 aromatic carbocycles. The van der Waals surface area contributed by atoms with Gasteiger partial charge in [0.05, 0.1) is 11.0 Å². The Morgan fingerprint density at radius 2 is 1.67 bits per heavy atom. The van der Waals surface area contributed by atoms with Gasteiger partial charge in [0.15, 0.2) is 5.92 Å². The lowest BCUT2D eigenvalue weighted by Gasteiger charge is -2.08. The Morgan fingerprint density at radius 1 is 1.17 bits per heavy atom. The highest BCUT2D eigenvalue weighted by atomic mass is 19.1. The van der Waals surface area contributed by atoms with Gasteiger partial charge in [-0.25, -0.2) is 4.39 Å². The third-order valence-corrected chi connectivity index (χ3v) is 2.07. The molecule has 0 saturated carbocycles. The number of halogens is 2. The van der Waals surface area contributed by atoms with Crippen molar-refractivity contribution < 1.29 is 33.5 Å². The molecule has 0 aromatic heterocycles. The van der Waals surface area contributed by atoms with E-state index in [1.807, 2.05) is 0 Å². The summed E-state index contributed by atoms with van der Waals surface area (Å²) in [5, 5.41) is 27.5. The lowest BCUT2D eigenvalue weighted by Crippen LogP contribution is -2.22. The van der Waals surface area contributed by atoms with Crippen LogP contribution in [0.1, 0.15) is 11.5 Å². The van der Waals surface area contributed by atoms with Crippen LogP contribution in [0.25, 0.3) is 0 Å². The zero-order valence-corrected chi connectivity index (χ0v) is 8.46. The van der Waals surface area contributed by atoms with Crippen LogP contribution in [0, 0.1) is 21.7 Å². The van der Waals surface area contributed by atoms with Gasteiger partial charge in [-0.05, 0) is 6.07 Å². The van der Waals surface area contributed by atoms with Crippen molar-refractivity contribution in [2.24, 2.45) is 0 Å². The lowest BCUT2D eigenvalue weighted by atomic mass is 9.98. The average Bonchev–Trinajstić information content (AvgIpc) is 2.21. The number of carbonyl (C=O) groups is 2. The van der Waals surface area contributed by atoms with E-state index in [-0.39, 0.29) is 12.1 Å². The molecule has 0 radical (unpaired) electrons. The van der Waals surface area contributed by atoms with Crippen LogP contribution >= 0.6 is 0 Å². The van der Waals surface area contributed by atoms with Crippen molar-refractivity contribution in [1.29, 1.82) is 0 Å². The molecule has 1 rings (SSSR count). The van der Waals surface area contributed by atoms with Crippen LogP contribution in [0.4, 0.5) is 14.5 Å².